The highest BCUT2D eigenvalue weighted by molar-refractivity contribution is 9.09. The first-order valence-electron chi connectivity index (χ1n) is 7.89. The largest absolute Gasteiger partial charge is 0.465 e. The molecule has 0 aromatic carbocycles. The Bertz CT molecular complexity index is 442. The number of alkyl halides is 1. The van der Waals surface area contributed by atoms with Crippen molar-refractivity contribution in [1.82, 2.24) is 0 Å². The van der Waals surface area contributed by atoms with Crippen LogP contribution in [0.25, 0.3) is 0 Å². The van der Waals surface area contributed by atoms with Gasteiger partial charge in [0.2, 0.25) is 0 Å². The standard InChI is InChI=1S/C16H27BrO6/c1-7-12(22-11(5)18)10(4)13-8(2)9(3)14(17)16(20,23-13)15(19)21-6/h8-10,12-14,20H,7H2,1-6H3/t8-,9+,10-,12-,13?,14?,16+/m1/s1. The Hall–Kier alpha value is -0.660. The van der Waals surface area contributed by atoms with Gasteiger partial charge in [-0.1, -0.05) is 43.6 Å². The summed E-state index contributed by atoms with van der Waals surface area (Å²) in [7, 11) is 1.21. The smallest absolute Gasteiger partial charge is 0.367 e. The van der Waals surface area contributed by atoms with E-state index in [0.29, 0.717) is 6.42 Å². The first-order chi connectivity index (χ1) is 10.6. The summed E-state index contributed by atoms with van der Waals surface area (Å²) < 4.78 is 15.8. The van der Waals surface area contributed by atoms with E-state index in [0.717, 1.165) is 0 Å². The van der Waals surface area contributed by atoms with Crippen molar-refractivity contribution < 1.29 is 28.9 Å². The minimum Gasteiger partial charge on any atom is -0.465 e. The number of carbonyl (C=O) groups is 2. The summed E-state index contributed by atoms with van der Waals surface area (Å²) in [5, 5.41) is 10.7. The number of methoxy groups -OCH3 is 1. The van der Waals surface area contributed by atoms with Crippen LogP contribution in [-0.4, -0.2) is 47.0 Å². The summed E-state index contributed by atoms with van der Waals surface area (Å²) in [4.78, 5) is 22.7. The number of esters is 2. The highest BCUT2D eigenvalue weighted by Gasteiger charge is 2.57. The zero-order valence-electron chi connectivity index (χ0n) is 14.5. The van der Waals surface area contributed by atoms with Gasteiger partial charge in [0, 0.05) is 12.8 Å². The summed E-state index contributed by atoms with van der Waals surface area (Å²) >= 11 is 3.37. The molecule has 0 spiro atoms. The molecule has 0 aromatic rings. The van der Waals surface area contributed by atoms with E-state index < -0.39 is 22.7 Å². The highest BCUT2D eigenvalue weighted by Crippen LogP contribution is 2.43. The van der Waals surface area contributed by atoms with Crippen molar-refractivity contribution in [3.8, 4) is 0 Å². The van der Waals surface area contributed by atoms with E-state index >= 15 is 0 Å². The lowest BCUT2D eigenvalue weighted by molar-refractivity contribution is -0.283. The molecule has 1 heterocycles. The maximum absolute atomic E-state index is 12.0. The van der Waals surface area contributed by atoms with Crippen molar-refractivity contribution in [2.45, 2.75) is 63.9 Å². The van der Waals surface area contributed by atoms with Gasteiger partial charge in [-0.25, -0.2) is 4.79 Å². The molecule has 7 heteroatoms. The average molecular weight is 395 g/mol. The van der Waals surface area contributed by atoms with Crippen LogP contribution in [0.2, 0.25) is 0 Å². The molecular formula is C16H27BrO6. The zero-order valence-corrected chi connectivity index (χ0v) is 16.1. The lowest BCUT2D eigenvalue weighted by atomic mass is 9.76. The molecule has 1 aliphatic heterocycles. The van der Waals surface area contributed by atoms with Crippen LogP contribution in [0, 0.1) is 17.8 Å². The molecule has 23 heavy (non-hydrogen) atoms. The normalized spacial score (nSPS) is 36.9. The van der Waals surface area contributed by atoms with Crippen molar-refractivity contribution in [2.75, 3.05) is 7.11 Å². The van der Waals surface area contributed by atoms with E-state index in [1.54, 1.807) is 0 Å². The molecule has 0 aliphatic carbocycles. The molecule has 1 saturated heterocycles. The van der Waals surface area contributed by atoms with E-state index in [1.165, 1.54) is 14.0 Å². The Morgan fingerprint density at radius 2 is 1.91 bits per heavy atom. The Morgan fingerprint density at radius 3 is 2.35 bits per heavy atom. The maximum Gasteiger partial charge on any atom is 0.367 e. The van der Waals surface area contributed by atoms with Crippen LogP contribution in [0.4, 0.5) is 0 Å². The minimum absolute atomic E-state index is 0.0453. The van der Waals surface area contributed by atoms with Gasteiger partial charge in [0.05, 0.1) is 18.0 Å². The van der Waals surface area contributed by atoms with Crippen LogP contribution in [-0.2, 0) is 23.8 Å². The molecule has 7 atom stereocenters. The maximum atomic E-state index is 12.0. The van der Waals surface area contributed by atoms with Crippen LogP contribution in [0.3, 0.4) is 0 Å². The molecule has 0 radical (unpaired) electrons. The van der Waals surface area contributed by atoms with E-state index in [1.807, 2.05) is 27.7 Å². The fourth-order valence-corrected chi connectivity index (χ4v) is 3.96. The molecule has 0 saturated carbocycles. The third kappa shape index (κ3) is 4.06. The van der Waals surface area contributed by atoms with Gasteiger partial charge >= 0.3 is 11.9 Å². The van der Waals surface area contributed by atoms with Crippen LogP contribution in [0.5, 0.6) is 0 Å². The Kier molecular flexibility index (Phi) is 7.04. The van der Waals surface area contributed by atoms with Crippen molar-refractivity contribution in [3.05, 3.63) is 0 Å². The molecule has 1 aliphatic rings. The topological polar surface area (TPSA) is 82.1 Å². The molecule has 2 unspecified atom stereocenters. The van der Waals surface area contributed by atoms with Crippen LogP contribution in [0.1, 0.15) is 41.0 Å². The quantitative estimate of drug-likeness (QED) is 0.568. The van der Waals surface area contributed by atoms with E-state index in [4.69, 9.17) is 14.2 Å². The highest BCUT2D eigenvalue weighted by atomic mass is 79.9. The number of carbonyl (C=O) groups excluding carboxylic acids is 2. The van der Waals surface area contributed by atoms with Crippen LogP contribution in [0.15, 0.2) is 0 Å². The number of rotatable bonds is 5. The van der Waals surface area contributed by atoms with Crippen molar-refractivity contribution >= 4 is 27.9 Å². The first-order valence-corrected chi connectivity index (χ1v) is 8.81. The number of hydrogen-bond donors (Lipinski definition) is 1. The van der Waals surface area contributed by atoms with Crippen molar-refractivity contribution in [2.24, 2.45) is 17.8 Å². The molecule has 0 aromatic heterocycles. The summed E-state index contributed by atoms with van der Waals surface area (Å²) in [5.41, 5.74) is 0. The summed E-state index contributed by atoms with van der Waals surface area (Å²) in [6, 6.07) is 0. The van der Waals surface area contributed by atoms with Crippen molar-refractivity contribution in [3.63, 3.8) is 0 Å². The number of halogens is 1. The summed E-state index contributed by atoms with van der Waals surface area (Å²) in [6.07, 6.45) is -0.177. The monoisotopic (exact) mass is 394 g/mol. The number of ether oxygens (including phenoxy) is 3. The molecule has 1 fully saturated rings. The SMILES string of the molecule is CC[C@@H](OC(C)=O)[C@@H](C)C1O[C@](O)(C(=O)OC)C(Br)[C@@H](C)[C@H]1C. The summed E-state index contributed by atoms with van der Waals surface area (Å²) in [6.45, 7) is 9.12. The van der Waals surface area contributed by atoms with Gasteiger partial charge in [-0.05, 0) is 18.3 Å². The van der Waals surface area contributed by atoms with Gasteiger partial charge in [-0.3, -0.25) is 4.79 Å². The molecule has 134 valence electrons. The van der Waals surface area contributed by atoms with Gasteiger partial charge < -0.3 is 19.3 Å². The minimum atomic E-state index is -2.06. The average Bonchev–Trinajstić information content (AvgIpc) is 2.52. The lowest BCUT2D eigenvalue weighted by Gasteiger charge is -2.48. The van der Waals surface area contributed by atoms with E-state index in [2.05, 4.69) is 15.9 Å². The molecule has 1 rings (SSSR count). The molecule has 6 nitrogen and oxygen atoms in total. The Labute approximate surface area is 146 Å². The number of hydrogen-bond acceptors (Lipinski definition) is 6. The second-order valence-corrected chi connectivity index (χ2v) is 7.29. The van der Waals surface area contributed by atoms with E-state index in [-0.39, 0.29) is 29.8 Å². The van der Waals surface area contributed by atoms with Crippen LogP contribution >= 0.6 is 15.9 Å². The zero-order chi connectivity index (χ0) is 17.9. The Morgan fingerprint density at radius 1 is 1.35 bits per heavy atom. The predicted octanol–water partition coefficient (Wildman–Crippen LogP) is 2.26. The molecular weight excluding hydrogens is 368 g/mol. The first kappa shape index (κ1) is 20.4. The molecule has 0 bridgehead atoms. The third-order valence-corrected chi connectivity index (χ3v) is 6.26. The second-order valence-electron chi connectivity index (χ2n) is 6.31. The lowest BCUT2D eigenvalue weighted by Crippen LogP contribution is -2.62. The van der Waals surface area contributed by atoms with Crippen LogP contribution < -0.4 is 0 Å². The fraction of sp³-hybridized carbons (Fsp3) is 0.875. The predicted molar refractivity (Wildman–Crippen MR) is 87.9 cm³/mol. The van der Waals surface area contributed by atoms with Gasteiger partial charge in [0.25, 0.3) is 5.79 Å². The van der Waals surface area contributed by atoms with Gasteiger partial charge in [0.15, 0.2) is 0 Å². The van der Waals surface area contributed by atoms with Gasteiger partial charge in [0.1, 0.15) is 6.10 Å². The molecule has 1 N–H and O–H groups in total. The molecule has 0 amide bonds. The number of aliphatic hydroxyl groups is 1. The second kappa shape index (κ2) is 7.94. The van der Waals surface area contributed by atoms with E-state index in [9.17, 15) is 14.7 Å². The summed E-state index contributed by atoms with van der Waals surface area (Å²) in [5.74, 6) is -3.44. The van der Waals surface area contributed by atoms with Gasteiger partial charge in [-0.15, -0.1) is 0 Å². The van der Waals surface area contributed by atoms with Gasteiger partial charge in [-0.2, -0.15) is 0 Å². The van der Waals surface area contributed by atoms with Crippen molar-refractivity contribution in [1.29, 1.82) is 0 Å². The Balaban J connectivity index is 3.09. The third-order valence-electron chi connectivity index (χ3n) is 4.80. The fourth-order valence-electron chi connectivity index (χ4n) is 3.18.